The van der Waals surface area contributed by atoms with Gasteiger partial charge in [-0.15, -0.1) is 5.10 Å². The van der Waals surface area contributed by atoms with Gasteiger partial charge in [-0.05, 0) is 13.0 Å². The molecule has 0 aromatic carbocycles. The first-order valence-corrected chi connectivity index (χ1v) is 7.34. The van der Waals surface area contributed by atoms with Crippen molar-refractivity contribution < 1.29 is 18.3 Å². The number of rotatable bonds is 4. The van der Waals surface area contributed by atoms with Crippen LogP contribution in [-0.2, 0) is 16.3 Å². The van der Waals surface area contributed by atoms with E-state index in [1.165, 1.54) is 4.68 Å². The molecule has 0 spiro atoms. The van der Waals surface area contributed by atoms with Gasteiger partial charge in [0.1, 0.15) is 0 Å². The fourth-order valence-corrected chi connectivity index (χ4v) is 3.80. The minimum Gasteiger partial charge on any atom is -0.476 e. The van der Waals surface area contributed by atoms with Crippen LogP contribution in [0.15, 0.2) is 0 Å². The molecular formula is C9H14N4O4S. The Hall–Kier alpha value is -1.48. The largest absolute Gasteiger partial charge is 0.476 e. The summed E-state index contributed by atoms with van der Waals surface area (Å²) in [4.78, 5) is 11.0. The first-order chi connectivity index (χ1) is 8.44. The lowest BCUT2D eigenvalue weighted by Gasteiger charge is -2.11. The highest BCUT2D eigenvalue weighted by atomic mass is 32.2. The molecule has 0 radical (unpaired) electrons. The van der Waals surface area contributed by atoms with E-state index in [-0.39, 0.29) is 29.8 Å². The molecule has 8 nitrogen and oxygen atoms in total. The minimum absolute atomic E-state index is 0.0208. The van der Waals surface area contributed by atoms with E-state index in [4.69, 9.17) is 10.8 Å². The predicted molar refractivity (Wildman–Crippen MR) is 62.0 cm³/mol. The smallest absolute Gasteiger partial charge is 0.358 e. The number of nitrogens with zero attached hydrogens (tertiary/aromatic N) is 3. The topological polar surface area (TPSA) is 128 Å². The van der Waals surface area contributed by atoms with Crippen molar-refractivity contribution in [2.45, 2.75) is 18.9 Å². The van der Waals surface area contributed by atoms with Crippen molar-refractivity contribution in [1.29, 1.82) is 0 Å². The van der Waals surface area contributed by atoms with Gasteiger partial charge in [-0.2, -0.15) is 0 Å². The maximum Gasteiger partial charge on any atom is 0.358 e. The van der Waals surface area contributed by atoms with Crippen molar-refractivity contribution in [2.75, 3.05) is 18.1 Å². The van der Waals surface area contributed by atoms with Gasteiger partial charge in [-0.3, -0.25) is 0 Å². The molecule has 1 aromatic rings. The molecule has 1 aromatic heterocycles. The molecule has 0 aliphatic carbocycles. The molecule has 100 valence electrons. The molecule has 1 atom stereocenters. The number of sulfone groups is 1. The summed E-state index contributed by atoms with van der Waals surface area (Å²) in [6.07, 6.45) is 0.744. The molecule has 1 aliphatic heterocycles. The third kappa shape index (κ3) is 2.36. The zero-order chi connectivity index (χ0) is 13.3. The normalized spacial score (nSPS) is 22.2. The monoisotopic (exact) mass is 274 g/mol. The lowest BCUT2D eigenvalue weighted by atomic mass is 10.2. The third-order valence-electron chi connectivity index (χ3n) is 2.93. The Morgan fingerprint density at radius 2 is 2.28 bits per heavy atom. The minimum atomic E-state index is -3.05. The van der Waals surface area contributed by atoms with Gasteiger partial charge in [0.15, 0.2) is 15.5 Å². The fourth-order valence-electron chi connectivity index (χ4n) is 2.11. The van der Waals surface area contributed by atoms with E-state index < -0.39 is 15.8 Å². The van der Waals surface area contributed by atoms with Gasteiger partial charge in [0.2, 0.25) is 0 Å². The SMILES string of the molecule is NCCc1c(C(=O)O)nnn1C1CCS(=O)(=O)C1. The average Bonchev–Trinajstić information content (AvgIpc) is 2.82. The zero-order valence-electron chi connectivity index (χ0n) is 9.61. The van der Waals surface area contributed by atoms with Crippen LogP contribution in [0.2, 0.25) is 0 Å². The van der Waals surface area contributed by atoms with Gasteiger partial charge in [0.25, 0.3) is 0 Å². The second-order valence-electron chi connectivity index (χ2n) is 4.23. The summed E-state index contributed by atoms with van der Waals surface area (Å²) in [6, 6.07) is -0.336. The maximum atomic E-state index is 11.4. The van der Waals surface area contributed by atoms with Gasteiger partial charge in [-0.25, -0.2) is 17.9 Å². The Bertz CT molecular complexity index is 565. The van der Waals surface area contributed by atoms with Crippen molar-refractivity contribution in [2.24, 2.45) is 5.73 Å². The molecule has 0 saturated carbocycles. The number of carboxylic acids is 1. The molecule has 0 bridgehead atoms. The first-order valence-electron chi connectivity index (χ1n) is 5.52. The van der Waals surface area contributed by atoms with Crippen LogP contribution in [0.25, 0.3) is 0 Å². The van der Waals surface area contributed by atoms with Gasteiger partial charge < -0.3 is 10.8 Å². The second-order valence-corrected chi connectivity index (χ2v) is 6.46. The molecule has 2 heterocycles. The van der Waals surface area contributed by atoms with E-state index in [0.29, 0.717) is 18.5 Å². The Balaban J connectivity index is 2.36. The summed E-state index contributed by atoms with van der Waals surface area (Å²) < 4.78 is 24.2. The number of hydrogen-bond acceptors (Lipinski definition) is 6. The first kappa shape index (κ1) is 13.0. The van der Waals surface area contributed by atoms with Crippen molar-refractivity contribution in [3.05, 3.63) is 11.4 Å². The number of aromatic nitrogens is 3. The lowest BCUT2D eigenvalue weighted by molar-refractivity contribution is 0.0689. The van der Waals surface area contributed by atoms with Crippen molar-refractivity contribution in [3.8, 4) is 0 Å². The van der Waals surface area contributed by atoms with E-state index in [2.05, 4.69) is 10.3 Å². The fraction of sp³-hybridized carbons (Fsp3) is 0.667. The van der Waals surface area contributed by atoms with E-state index in [9.17, 15) is 13.2 Å². The summed E-state index contributed by atoms with van der Waals surface area (Å²) in [5, 5.41) is 16.3. The van der Waals surface area contributed by atoms with Crippen LogP contribution in [0, 0.1) is 0 Å². The zero-order valence-corrected chi connectivity index (χ0v) is 10.4. The number of hydrogen-bond donors (Lipinski definition) is 2. The van der Waals surface area contributed by atoms with E-state index >= 15 is 0 Å². The van der Waals surface area contributed by atoms with Crippen LogP contribution in [0.3, 0.4) is 0 Å². The van der Waals surface area contributed by atoms with Gasteiger partial charge in [0, 0.05) is 6.42 Å². The van der Waals surface area contributed by atoms with Crippen LogP contribution in [0.1, 0.15) is 28.6 Å². The number of aromatic carboxylic acids is 1. The highest BCUT2D eigenvalue weighted by Crippen LogP contribution is 2.25. The molecule has 0 amide bonds. The van der Waals surface area contributed by atoms with E-state index in [1.54, 1.807) is 0 Å². The summed E-state index contributed by atoms with van der Waals surface area (Å²) in [5.41, 5.74) is 5.68. The summed E-state index contributed by atoms with van der Waals surface area (Å²) in [5.74, 6) is -1.10. The second kappa shape index (κ2) is 4.65. The molecule has 1 saturated heterocycles. The quantitative estimate of drug-likeness (QED) is 0.708. The summed E-state index contributed by atoms with van der Waals surface area (Å²) in [6.45, 7) is 0.257. The van der Waals surface area contributed by atoms with Crippen LogP contribution in [0.4, 0.5) is 0 Å². The molecule has 1 unspecified atom stereocenters. The Kier molecular flexibility index (Phi) is 3.35. The molecule has 9 heteroatoms. The van der Waals surface area contributed by atoms with Gasteiger partial charge >= 0.3 is 5.97 Å². The lowest BCUT2D eigenvalue weighted by Crippen LogP contribution is -2.18. The highest BCUT2D eigenvalue weighted by molar-refractivity contribution is 7.91. The molecule has 18 heavy (non-hydrogen) atoms. The Morgan fingerprint density at radius 3 is 2.78 bits per heavy atom. The molecule has 1 fully saturated rings. The standard InChI is InChI=1S/C9H14N4O4S/c10-3-1-7-8(9(14)15)11-12-13(7)6-2-4-18(16,17)5-6/h6H,1-5,10H2,(H,14,15). The molecule has 1 aliphatic rings. The highest BCUT2D eigenvalue weighted by Gasteiger charge is 2.32. The van der Waals surface area contributed by atoms with Gasteiger partial charge in [0.05, 0.1) is 23.2 Å². The maximum absolute atomic E-state index is 11.4. The number of carboxylic acid groups (broad SMARTS) is 1. The van der Waals surface area contributed by atoms with Crippen LogP contribution < -0.4 is 5.73 Å². The van der Waals surface area contributed by atoms with Crippen LogP contribution in [-0.4, -0.2) is 52.5 Å². The third-order valence-corrected chi connectivity index (χ3v) is 4.68. The van der Waals surface area contributed by atoms with Crippen molar-refractivity contribution in [3.63, 3.8) is 0 Å². The Morgan fingerprint density at radius 1 is 1.56 bits per heavy atom. The summed E-state index contributed by atoms with van der Waals surface area (Å²) >= 11 is 0. The average molecular weight is 274 g/mol. The summed E-state index contributed by atoms with van der Waals surface area (Å²) in [7, 11) is -3.05. The number of nitrogens with two attached hydrogens (primary N) is 1. The molecular weight excluding hydrogens is 260 g/mol. The predicted octanol–water partition coefficient (Wildman–Crippen LogP) is -1.16. The van der Waals surface area contributed by atoms with Gasteiger partial charge in [-0.1, -0.05) is 5.21 Å². The molecule has 2 rings (SSSR count). The van der Waals surface area contributed by atoms with Crippen LogP contribution in [0.5, 0.6) is 0 Å². The van der Waals surface area contributed by atoms with E-state index in [0.717, 1.165) is 0 Å². The van der Waals surface area contributed by atoms with Crippen molar-refractivity contribution in [1.82, 2.24) is 15.0 Å². The van der Waals surface area contributed by atoms with Crippen molar-refractivity contribution >= 4 is 15.8 Å². The van der Waals surface area contributed by atoms with Crippen LogP contribution >= 0.6 is 0 Å². The van der Waals surface area contributed by atoms with E-state index in [1.807, 2.05) is 0 Å². The number of carbonyl (C=O) groups is 1. The Labute approximate surface area is 104 Å². The molecule has 3 N–H and O–H groups in total.